The van der Waals surface area contributed by atoms with E-state index in [9.17, 15) is 9.59 Å². The SMILES string of the molecule is C=C(C)Cc1c(OCC(=O)O)ccc2c1c1ccnc3c4ccc(OC)c(OC)c4c(=O)n2c13. The van der Waals surface area contributed by atoms with Crippen LogP contribution < -0.4 is 19.8 Å². The quantitative estimate of drug-likeness (QED) is 0.288. The van der Waals surface area contributed by atoms with Crippen molar-refractivity contribution in [2.24, 2.45) is 0 Å². The number of allylic oxidation sites excluding steroid dienone is 1. The van der Waals surface area contributed by atoms with Crippen LogP contribution in [0.25, 0.3) is 38.1 Å². The average Bonchev–Trinajstić information content (AvgIpc) is 3.16. The summed E-state index contributed by atoms with van der Waals surface area (Å²) < 4.78 is 18.3. The third-order valence-corrected chi connectivity index (χ3v) is 5.95. The fourth-order valence-corrected chi connectivity index (χ4v) is 4.71. The molecule has 34 heavy (non-hydrogen) atoms. The van der Waals surface area contributed by atoms with Gasteiger partial charge >= 0.3 is 5.97 Å². The number of methoxy groups -OCH3 is 2. The van der Waals surface area contributed by atoms with Gasteiger partial charge in [0.1, 0.15) is 5.75 Å². The molecule has 0 atom stereocenters. The molecule has 0 aliphatic rings. The number of hydrogen-bond donors (Lipinski definition) is 1. The number of carboxylic acids is 1. The summed E-state index contributed by atoms with van der Waals surface area (Å²) in [6.45, 7) is 5.45. The second kappa shape index (κ2) is 7.91. The molecular formula is C26H22N2O6. The molecule has 5 aromatic rings. The predicted molar refractivity (Wildman–Crippen MR) is 130 cm³/mol. The van der Waals surface area contributed by atoms with Crippen molar-refractivity contribution in [3.63, 3.8) is 0 Å². The largest absolute Gasteiger partial charge is 0.493 e. The van der Waals surface area contributed by atoms with Crippen LogP contribution in [0.3, 0.4) is 0 Å². The van der Waals surface area contributed by atoms with E-state index in [4.69, 9.17) is 19.3 Å². The van der Waals surface area contributed by atoms with Gasteiger partial charge in [-0.05, 0) is 43.7 Å². The van der Waals surface area contributed by atoms with Crippen LogP contribution in [0.1, 0.15) is 12.5 Å². The van der Waals surface area contributed by atoms with Gasteiger partial charge in [0.05, 0.1) is 36.2 Å². The number of hydrogen-bond acceptors (Lipinski definition) is 6. The number of aromatic nitrogens is 2. The molecule has 2 aromatic carbocycles. The van der Waals surface area contributed by atoms with E-state index in [1.54, 1.807) is 28.8 Å². The van der Waals surface area contributed by atoms with Crippen molar-refractivity contribution >= 4 is 44.1 Å². The van der Waals surface area contributed by atoms with Gasteiger partial charge in [-0.1, -0.05) is 12.2 Å². The Labute approximate surface area is 193 Å². The summed E-state index contributed by atoms with van der Waals surface area (Å²) in [6.07, 6.45) is 2.16. The normalized spacial score (nSPS) is 11.5. The summed E-state index contributed by atoms with van der Waals surface area (Å²) >= 11 is 0. The minimum Gasteiger partial charge on any atom is -0.493 e. The molecule has 8 nitrogen and oxygen atoms in total. The molecule has 0 bridgehead atoms. The maximum absolute atomic E-state index is 13.9. The number of ether oxygens (including phenoxy) is 3. The number of fused-ring (bicyclic) bond motifs is 5. The van der Waals surface area contributed by atoms with Crippen molar-refractivity contribution in [3.05, 3.63) is 64.6 Å². The van der Waals surface area contributed by atoms with Crippen LogP contribution in [0.4, 0.5) is 0 Å². The summed E-state index contributed by atoms with van der Waals surface area (Å²) in [5.74, 6) is 0.174. The molecule has 0 amide bonds. The molecule has 3 heterocycles. The van der Waals surface area contributed by atoms with Gasteiger partial charge in [-0.25, -0.2) is 4.79 Å². The molecule has 1 N–H and O–H groups in total. The van der Waals surface area contributed by atoms with Crippen molar-refractivity contribution in [2.75, 3.05) is 20.8 Å². The number of carboxylic acid groups (broad SMARTS) is 1. The van der Waals surface area contributed by atoms with E-state index in [0.29, 0.717) is 51.0 Å². The Kier molecular flexibility index (Phi) is 5.01. The first-order valence-electron chi connectivity index (χ1n) is 10.6. The average molecular weight is 458 g/mol. The van der Waals surface area contributed by atoms with Crippen molar-refractivity contribution in [2.45, 2.75) is 13.3 Å². The van der Waals surface area contributed by atoms with Crippen LogP contribution in [-0.2, 0) is 11.2 Å². The molecule has 0 spiro atoms. The lowest BCUT2D eigenvalue weighted by atomic mass is 9.99. The first-order valence-corrected chi connectivity index (χ1v) is 10.6. The Balaban J connectivity index is 2.01. The number of nitrogens with zero attached hydrogens (tertiary/aromatic N) is 2. The van der Waals surface area contributed by atoms with Crippen molar-refractivity contribution in [1.29, 1.82) is 0 Å². The lowest BCUT2D eigenvalue weighted by Gasteiger charge is -2.12. The molecule has 0 aliphatic heterocycles. The van der Waals surface area contributed by atoms with Crippen molar-refractivity contribution in [3.8, 4) is 17.2 Å². The van der Waals surface area contributed by atoms with Gasteiger partial charge in [-0.2, -0.15) is 0 Å². The number of carbonyl (C=O) groups is 1. The molecule has 0 aliphatic carbocycles. The van der Waals surface area contributed by atoms with E-state index in [1.807, 2.05) is 19.1 Å². The van der Waals surface area contributed by atoms with E-state index >= 15 is 0 Å². The second-order valence-corrected chi connectivity index (χ2v) is 8.17. The molecular weight excluding hydrogens is 436 g/mol. The van der Waals surface area contributed by atoms with Crippen LogP contribution in [0, 0.1) is 0 Å². The van der Waals surface area contributed by atoms with Gasteiger partial charge in [-0.15, -0.1) is 0 Å². The Hall–Kier alpha value is -4.33. The van der Waals surface area contributed by atoms with Gasteiger partial charge in [0, 0.05) is 27.9 Å². The van der Waals surface area contributed by atoms with Crippen LogP contribution >= 0.6 is 0 Å². The molecule has 3 aromatic heterocycles. The monoisotopic (exact) mass is 458 g/mol. The van der Waals surface area contributed by atoms with Crippen molar-refractivity contribution < 1.29 is 24.1 Å². The molecule has 8 heteroatoms. The van der Waals surface area contributed by atoms with Crippen LogP contribution in [0.2, 0.25) is 0 Å². The molecule has 5 rings (SSSR count). The fourth-order valence-electron chi connectivity index (χ4n) is 4.71. The topological polar surface area (TPSA) is 99.4 Å². The molecule has 0 saturated carbocycles. The highest BCUT2D eigenvalue weighted by Gasteiger charge is 2.24. The molecule has 172 valence electrons. The molecule has 0 saturated heterocycles. The third kappa shape index (κ3) is 3.02. The molecule has 0 radical (unpaired) electrons. The van der Waals surface area contributed by atoms with E-state index in [1.165, 1.54) is 14.2 Å². The van der Waals surface area contributed by atoms with Crippen LogP contribution in [0.15, 0.2) is 53.5 Å². The number of aliphatic carboxylic acids is 1. The minimum absolute atomic E-state index is 0.258. The molecule has 0 fully saturated rings. The van der Waals surface area contributed by atoms with E-state index < -0.39 is 12.6 Å². The lowest BCUT2D eigenvalue weighted by molar-refractivity contribution is -0.139. The van der Waals surface area contributed by atoms with E-state index in [-0.39, 0.29) is 5.56 Å². The Morgan fingerprint density at radius 2 is 1.82 bits per heavy atom. The van der Waals surface area contributed by atoms with Gasteiger partial charge in [-0.3, -0.25) is 14.2 Å². The highest BCUT2D eigenvalue weighted by atomic mass is 16.5. The zero-order valence-corrected chi connectivity index (χ0v) is 19.0. The third-order valence-electron chi connectivity index (χ3n) is 5.95. The number of benzene rings is 2. The Morgan fingerprint density at radius 3 is 2.50 bits per heavy atom. The van der Waals surface area contributed by atoms with Gasteiger partial charge in [0.25, 0.3) is 5.56 Å². The maximum Gasteiger partial charge on any atom is 0.341 e. The highest BCUT2D eigenvalue weighted by molar-refractivity contribution is 6.20. The Morgan fingerprint density at radius 1 is 1.06 bits per heavy atom. The van der Waals surface area contributed by atoms with Crippen molar-refractivity contribution in [1.82, 2.24) is 9.38 Å². The van der Waals surface area contributed by atoms with Crippen LogP contribution in [-0.4, -0.2) is 41.3 Å². The van der Waals surface area contributed by atoms with Gasteiger partial charge in [0.15, 0.2) is 18.1 Å². The minimum atomic E-state index is -1.07. The van der Waals surface area contributed by atoms with E-state index in [2.05, 4.69) is 11.6 Å². The highest BCUT2D eigenvalue weighted by Crippen LogP contribution is 2.41. The second-order valence-electron chi connectivity index (χ2n) is 8.17. The summed E-state index contributed by atoms with van der Waals surface area (Å²) in [5, 5.41) is 11.8. The predicted octanol–water partition coefficient (Wildman–Crippen LogP) is 4.19. The Bertz CT molecular complexity index is 1680. The summed E-state index contributed by atoms with van der Waals surface area (Å²) in [6, 6.07) is 8.90. The maximum atomic E-state index is 13.9. The first kappa shape index (κ1) is 21.5. The van der Waals surface area contributed by atoms with Gasteiger partial charge < -0.3 is 19.3 Å². The smallest absolute Gasteiger partial charge is 0.341 e. The number of rotatable bonds is 7. The number of pyridine rings is 2. The van der Waals surface area contributed by atoms with Gasteiger partial charge in [0.2, 0.25) is 0 Å². The summed E-state index contributed by atoms with van der Waals surface area (Å²) in [4.78, 5) is 29.7. The molecule has 0 unspecified atom stereocenters. The van der Waals surface area contributed by atoms with E-state index in [0.717, 1.165) is 21.9 Å². The summed E-state index contributed by atoms with van der Waals surface area (Å²) in [7, 11) is 3.02. The zero-order chi connectivity index (χ0) is 24.1. The summed E-state index contributed by atoms with van der Waals surface area (Å²) in [5.41, 5.74) is 3.39. The standard InChI is InChI=1S/C26H22N2O6/c1-13(2)11-16-18(34-12-20(29)30)8-6-17-21(16)15-9-10-27-23-14-5-7-19(32-3)25(33-4)22(14)26(31)28(17)24(15)23/h5-10H,1,11-12H2,2-4H3,(H,29,30). The first-order chi connectivity index (χ1) is 16.4. The fraction of sp³-hybridized carbons (Fsp3) is 0.192. The lowest BCUT2D eigenvalue weighted by Crippen LogP contribution is -2.15. The van der Waals surface area contributed by atoms with Crippen LogP contribution in [0.5, 0.6) is 17.2 Å². The zero-order valence-electron chi connectivity index (χ0n) is 19.0.